The van der Waals surface area contributed by atoms with Crippen molar-refractivity contribution in [3.63, 3.8) is 0 Å². The van der Waals surface area contributed by atoms with Crippen molar-refractivity contribution in [2.75, 3.05) is 24.6 Å². The van der Waals surface area contributed by atoms with Crippen LogP contribution in [0.2, 0.25) is 0 Å². The van der Waals surface area contributed by atoms with Crippen LogP contribution < -0.4 is 5.73 Å². The van der Waals surface area contributed by atoms with Gasteiger partial charge >= 0.3 is 0 Å². The lowest BCUT2D eigenvalue weighted by atomic mass is 9.95. The van der Waals surface area contributed by atoms with Gasteiger partial charge in [-0.3, -0.25) is 0 Å². The molecule has 0 spiro atoms. The molecule has 5 nitrogen and oxygen atoms in total. The Morgan fingerprint density at radius 1 is 1.17 bits per heavy atom. The third kappa shape index (κ3) is 4.45. The van der Waals surface area contributed by atoms with Crippen LogP contribution in [0.5, 0.6) is 0 Å². The molecule has 1 aliphatic rings. The van der Waals surface area contributed by atoms with Crippen LogP contribution in [0.25, 0.3) is 11.1 Å². The molecule has 150 valence electrons. The first-order valence-electron chi connectivity index (χ1n) is 9.60. The number of halogens is 1. The summed E-state index contributed by atoms with van der Waals surface area (Å²) < 4.78 is 19.4. The van der Waals surface area contributed by atoms with Crippen molar-refractivity contribution in [2.24, 2.45) is 10.7 Å². The van der Waals surface area contributed by atoms with Gasteiger partial charge < -0.3 is 15.2 Å². The molecule has 0 aliphatic carbocycles. The molecule has 1 aliphatic heterocycles. The number of nitrogens with two attached hydrogens (primary N) is 1. The number of aromatic nitrogens is 1. The lowest BCUT2D eigenvalue weighted by Crippen LogP contribution is -2.42. The zero-order chi connectivity index (χ0) is 20.2. The van der Waals surface area contributed by atoms with Gasteiger partial charge in [0.25, 0.3) is 5.88 Å². The van der Waals surface area contributed by atoms with E-state index < -0.39 is 0 Å². The van der Waals surface area contributed by atoms with Gasteiger partial charge in [-0.15, -0.1) is 0 Å². The number of guanidine groups is 1. The van der Waals surface area contributed by atoms with Gasteiger partial charge in [0.2, 0.25) is 0 Å². The van der Waals surface area contributed by atoms with Gasteiger partial charge in [0.05, 0.1) is 5.69 Å². The summed E-state index contributed by atoms with van der Waals surface area (Å²) in [6.45, 7) is 3.84. The van der Waals surface area contributed by atoms with E-state index in [2.05, 4.69) is 22.0 Å². The van der Waals surface area contributed by atoms with Gasteiger partial charge in [-0.05, 0) is 17.2 Å². The lowest BCUT2D eigenvalue weighted by Gasteiger charge is -2.26. The summed E-state index contributed by atoms with van der Waals surface area (Å²) in [5.41, 5.74) is 9.39. The van der Waals surface area contributed by atoms with Crippen LogP contribution in [0.4, 0.5) is 10.3 Å². The molecule has 0 saturated carbocycles. The van der Waals surface area contributed by atoms with Gasteiger partial charge in [-0.25, -0.2) is 4.39 Å². The molecule has 0 amide bonds. The summed E-state index contributed by atoms with van der Waals surface area (Å²) in [4.78, 5) is 6.44. The average Bonchev–Trinajstić information content (AvgIpc) is 3.23. The fourth-order valence-electron chi connectivity index (χ4n) is 3.33. The average molecular weight is 411 g/mol. The number of hydrogen-bond acceptors (Lipinski definition) is 4. The van der Waals surface area contributed by atoms with E-state index in [4.69, 9.17) is 10.3 Å². The zero-order valence-electron chi connectivity index (χ0n) is 16.2. The number of aliphatic imine (C=N–C) groups is 1. The molecule has 0 radical (unpaired) electrons. The molecule has 1 saturated heterocycles. The second kappa shape index (κ2) is 8.69. The quantitative estimate of drug-likeness (QED) is 0.502. The Morgan fingerprint density at radius 3 is 2.62 bits per heavy atom. The molecular formula is C22H23FN4OS. The molecule has 1 atom stereocenters. The molecule has 4 rings (SSSR count). The Balaban J connectivity index is 1.49. The number of hydrogen-bond donors (Lipinski definition) is 1. The fourth-order valence-corrected chi connectivity index (χ4v) is 4.23. The fraction of sp³-hybridized carbons (Fsp3) is 0.273. The first kappa shape index (κ1) is 19.5. The number of thioether (sulfide) groups is 1. The highest BCUT2D eigenvalue weighted by atomic mass is 32.2. The van der Waals surface area contributed by atoms with E-state index in [1.165, 1.54) is 6.07 Å². The van der Waals surface area contributed by atoms with Gasteiger partial charge in [-0.2, -0.15) is 16.8 Å². The minimum Gasteiger partial charge on any atom is -0.369 e. The van der Waals surface area contributed by atoms with E-state index in [1.54, 1.807) is 12.1 Å². The smallest absolute Gasteiger partial charge is 0.253 e. The first-order chi connectivity index (χ1) is 14.1. The van der Waals surface area contributed by atoms with Crippen LogP contribution in [-0.4, -0.2) is 40.6 Å². The molecule has 1 aromatic heterocycles. The van der Waals surface area contributed by atoms with Crippen molar-refractivity contribution < 1.29 is 8.91 Å². The SMILES string of the molecule is CC(c1ccc(-c2ccccc2F)cc1)c1cc(/N=C(/N)N2CCSCC2)on1. The largest absolute Gasteiger partial charge is 0.369 e. The molecule has 29 heavy (non-hydrogen) atoms. The van der Waals surface area contributed by atoms with Crippen molar-refractivity contribution in [2.45, 2.75) is 12.8 Å². The molecular weight excluding hydrogens is 387 g/mol. The zero-order valence-corrected chi connectivity index (χ0v) is 17.0. The maximum absolute atomic E-state index is 14.0. The Morgan fingerprint density at radius 2 is 1.90 bits per heavy atom. The van der Waals surface area contributed by atoms with E-state index in [9.17, 15) is 4.39 Å². The molecule has 2 aromatic carbocycles. The Kier molecular flexibility index (Phi) is 5.85. The summed E-state index contributed by atoms with van der Waals surface area (Å²) in [5.74, 6) is 2.78. The molecule has 2 N–H and O–H groups in total. The van der Waals surface area contributed by atoms with Gasteiger partial charge in [0.1, 0.15) is 5.82 Å². The topological polar surface area (TPSA) is 67.7 Å². The standard InChI is InChI=1S/C22H23FN4OS/c1-15(16-6-8-17(9-7-16)18-4-2-3-5-19(18)23)20-14-21(28-26-20)25-22(24)27-10-12-29-13-11-27/h2-9,14-15H,10-13H2,1H3,(H2,24,25). The minimum absolute atomic E-state index is 0.0185. The van der Waals surface area contributed by atoms with E-state index in [0.29, 0.717) is 17.4 Å². The Hall–Kier alpha value is -2.80. The summed E-state index contributed by atoms with van der Waals surface area (Å²) in [6, 6.07) is 16.4. The summed E-state index contributed by atoms with van der Waals surface area (Å²) in [6.07, 6.45) is 0. The normalized spacial score (nSPS) is 16.1. The molecule has 3 aromatic rings. The van der Waals surface area contributed by atoms with Crippen LogP contribution >= 0.6 is 11.8 Å². The Bertz CT molecular complexity index is 996. The molecule has 1 unspecified atom stereocenters. The number of benzene rings is 2. The third-order valence-corrected chi connectivity index (χ3v) is 6.06. The lowest BCUT2D eigenvalue weighted by molar-refractivity contribution is 0.414. The Labute approximate surface area is 173 Å². The number of rotatable bonds is 4. The van der Waals surface area contributed by atoms with Crippen molar-refractivity contribution in [1.82, 2.24) is 10.1 Å². The van der Waals surface area contributed by atoms with Crippen molar-refractivity contribution in [3.8, 4) is 11.1 Å². The van der Waals surface area contributed by atoms with Crippen LogP contribution in [-0.2, 0) is 0 Å². The summed E-state index contributed by atoms with van der Waals surface area (Å²) in [7, 11) is 0. The van der Waals surface area contributed by atoms with E-state index >= 15 is 0 Å². The van der Waals surface area contributed by atoms with Gasteiger partial charge in [0, 0.05) is 42.1 Å². The highest BCUT2D eigenvalue weighted by molar-refractivity contribution is 7.99. The predicted octanol–water partition coefficient (Wildman–Crippen LogP) is 4.63. The van der Waals surface area contributed by atoms with Gasteiger partial charge in [-0.1, -0.05) is 54.5 Å². The number of nitrogens with zero attached hydrogens (tertiary/aromatic N) is 3. The summed E-state index contributed by atoms with van der Waals surface area (Å²) in [5, 5.41) is 4.17. The van der Waals surface area contributed by atoms with Crippen LogP contribution in [0, 0.1) is 5.82 Å². The van der Waals surface area contributed by atoms with Crippen molar-refractivity contribution >= 4 is 23.6 Å². The molecule has 0 bridgehead atoms. The van der Waals surface area contributed by atoms with E-state index in [0.717, 1.165) is 41.4 Å². The van der Waals surface area contributed by atoms with E-state index in [1.807, 2.05) is 48.2 Å². The van der Waals surface area contributed by atoms with E-state index in [-0.39, 0.29) is 11.7 Å². The van der Waals surface area contributed by atoms with Gasteiger partial charge in [0.15, 0.2) is 5.96 Å². The third-order valence-electron chi connectivity index (χ3n) is 5.11. The highest BCUT2D eigenvalue weighted by Gasteiger charge is 2.17. The molecule has 2 heterocycles. The second-order valence-electron chi connectivity index (χ2n) is 6.98. The maximum atomic E-state index is 14.0. The van der Waals surface area contributed by atoms with Crippen LogP contribution in [0.1, 0.15) is 24.1 Å². The van der Waals surface area contributed by atoms with Crippen LogP contribution in [0.15, 0.2) is 64.1 Å². The highest BCUT2D eigenvalue weighted by Crippen LogP contribution is 2.29. The second-order valence-corrected chi connectivity index (χ2v) is 8.21. The van der Waals surface area contributed by atoms with Crippen LogP contribution in [0.3, 0.4) is 0 Å². The molecule has 1 fully saturated rings. The molecule has 7 heteroatoms. The summed E-state index contributed by atoms with van der Waals surface area (Å²) >= 11 is 1.92. The minimum atomic E-state index is -0.225. The monoisotopic (exact) mass is 410 g/mol. The predicted molar refractivity (Wildman–Crippen MR) is 116 cm³/mol. The van der Waals surface area contributed by atoms with Crippen molar-refractivity contribution in [3.05, 3.63) is 71.7 Å². The van der Waals surface area contributed by atoms with Crippen molar-refractivity contribution in [1.29, 1.82) is 0 Å². The maximum Gasteiger partial charge on any atom is 0.253 e. The first-order valence-corrected chi connectivity index (χ1v) is 10.8.